The van der Waals surface area contributed by atoms with Gasteiger partial charge in [0.05, 0.1) is 12.3 Å². The second kappa shape index (κ2) is 6.49. The molecule has 0 radical (unpaired) electrons. The van der Waals surface area contributed by atoms with Gasteiger partial charge in [0, 0.05) is 18.6 Å². The van der Waals surface area contributed by atoms with Crippen molar-refractivity contribution in [2.24, 2.45) is 0 Å². The number of halogens is 2. The Morgan fingerprint density at radius 1 is 1.42 bits per heavy atom. The molecule has 100 valence electrons. The molecule has 0 spiro atoms. The van der Waals surface area contributed by atoms with E-state index in [1.165, 1.54) is 0 Å². The van der Waals surface area contributed by atoms with E-state index >= 15 is 0 Å². The average Bonchev–Trinajstić information content (AvgIpc) is 2.38. The van der Waals surface area contributed by atoms with Gasteiger partial charge in [-0.3, -0.25) is 4.79 Å². The fraction of sp³-hybridized carbons (Fsp3) is 0.231. The summed E-state index contributed by atoms with van der Waals surface area (Å²) in [6, 6.07) is 7.50. The first-order chi connectivity index (χ1) is 9.11. The first-order valence-electron chi connectivity index (χ1n) is 5.61. The highest BCUT2D eigenvalue weighted by Crippen LogP contribution is 2.17. The molecule has 0 fully saturated rings. The normalized spacial score (nSPS) is 10.7. The summed E-state index contributed by atoms with van der Waals surface area (Å²) >= 11 is 8.07. The van der Waals surface area contributed by atoms with E-state index in [0.29, 0.717) is 33.1 Å². The van der Waals surface area contributed by atoms with Crippen molar-refractivity contribution in [1.82, 2.24) is 9.97 Å². The van der Waals surface area contributed by atoms with Crippen LogP contribution in [0.25, 0.3) is 0 Å². The predicted octanol–water partition coefficient (Wildman–Crippen LogP) is 2.77. The summed E-state index contributed by atoms with van der Waals surface area (Å²) < 4.78 is 5.60. The van der Waals surface area contributed by atoms with Crippen LogP contribution in [0.5, 0.6) is 0 Å². The minimum atomic E-state index is -0.148. The lowest BCUT2D eigenvalue weighted by atomic mass is 10.1. The molecule has 1 aromatic carbocycles. The molecule has 1 heterocycles. The van der Waals surface area contributed by atoms with Crippen LogP contribution in [-0.2, 0) is 17.8 Å². The summed E-state index contributed by atoms with van der Waals surface area (Å²) in [5, 5.41) is 0.664. The van der Waals surface area contributed by atoms with Crippen molar-refractivity contribution in [3.63, 3.8) is 0 Å². The number of rotatable bonds is 4. The van der Waals surface area contributed by atoms with E-state index in [4.69, 9.17) is 16.3 Å². The van der Waals surface area contributed by atoms with Gasteiger partial charge in [-0.1, -0.05) is 29.8 Å². The first kappa shape index (κ1) is 14.5. The number of hydrogen-bond donors (Lipinski definition) is 1. The Morgan fingerprint density at radius 3 is 2.84 bits per heavy atom. The van der Waals surface area contributed by atoms with Crippen LogP contribution < -0.4 is 5.56 Å². The van der Waals surface area contributed by atoms with Crippen molar-refractivity contribution in [2.75, 3.05) is 7.11 Å². The number of nitrogens with zero attached hydrogens (tertiary/aromatic N) is 1. The molecular formula is C13H12ClIN2O2. The fourth-order valence-electron chi connectivity index (χ4n) is 1.70. The molecule has 0 atom stereocenters. The van der Waals surface area contributed by atoms with E-state index in [0.717, 1.165) is 5.56 Å². The standard InChI is InChI=1S/C13H12ClIN2O2/c1-19-7-10-12(15)13(18)17-11(16-10)6-8-4-2-3-5-9(8)14/h2-5H,6-7H2,1H3,(H,16,17,18). The molecule has 1 aromatic heterocycles. The van der Waals surface area contributed by atoms with Gasteiger partial charge in [0.1, 0.15) is 9.39 Å². The van der Waals surface area contributed by atoms with Crippen molar-refractivity contribution in [3.8, 4) is 0 Å². The molecule has 0 aliphatic carbocycles. The number of benzene rings is 1. The van der Waals surface area contributed by atoms with Gasteiger partial charge in [-0.2, -0.15) is 0 Å². The third kappa shape index (κ3) is 3.55. The van der Waals surface area contributed by atoms with E-state index < -0.39 is 0 Å². The van der Waals surface area contributed by atoms with Gasteiger partial charge >= 0.3 is 0 Å². The van der Waals surface area contributed by atoms with Crippen molar-refractivity contribution in [3.05, 3.63) is 60.3 Å². The molecule has 19 heavy (non-hydrogen) atoms. The van der Waals surface area contributed by atoms with Crippen LogP contribution in [0, 0.1) is 3.57 Å². The van der Waals surface area contributed by atoms with Crippen LogP contribution in [0.1, 0.15) is 17.1 Å². The minimum Gasteiger partial charge on any atom is -0.378 e. The minimum absolute atomic E-state index is 0.148. The van der Waals surface area contributed by atoms with Crippen molar-refractivity contribution >= 4 is 34.2 Å². The fourth-order valence-corrected chi connectivity index (χ4v) is 2.31. The summed E-state index contributed by atoms with van der Waals surface area (Å²) in [6.45, 7) is 0.317. The Bertz CT molecular complexity index is 643. The van der Waals surface area contributed by atoms with Crippen LogP contribution in [0.2, 0.25) is 5.02 Å². The molecule has 1 N–H and O–H groups in total. The molecule has 0 amide bonds. The second-order valence-electron chi connectivity index (χ2n) is 3.97. The number of aromatic nitrogens is 2. The summed E-state index contributed by atoms with van der Waals surface area (Å²) in [4.78, 5) is 19.0. The molecule has 0 saturated heterocycles. The number of methoxy groups -OCH3 is 1. The van der Waals surface area contributed by atoms with Gasteiger partial charge in [0.15, 0.2) is 0 Å². The number of nitrogens with one attached hydrogen (secondary N) is 1. The van der Waals surface area contributed by atoms with Crippen molar-refractivity contribution < 1.29 is 4.74 Å². The summed E-state index contributed by atoms with van der Waals surface area (Å²) in [5.74, 6) is 0.588. The highest BCUT2D eigenvalue weighted by atomic mass is 127. The van der Waals surface area contributed by atoms with E-state index in [-0.39, 0.29) is 5.56 Å². The van der Waals surface area contributed by atoms with Crippen molar-refractivity contribution in [1.29, 1.82) is 0 Å². The average molecular weight is 391 g/mol. The molecular weight excluding hydrogens is 379 g/mol. The van der Waals surface area contributed by atoms with Crippen LogP contribution >= 0.6 is 34.2 Å². The number of ether oxygens (including phenoxy) is 1. The Balaban J connectivity index is 2.36. The molecule has 2 rings (SSSR count). The van der Waals surface area contributed by atoms with E-state index in [1.54, 1.807) is 7.11 Å². The predicted molar refractivity (Wildman–Crippen MR) is 82.5 cm³/mol. The third-order valence-electron chi connectivity index (χ3n) is 2.58. The number of aromatic amines is 1. The second-order valence-corrected chi connectivity index (χ2v) is 5.46. The monoisotopic (exact) mass is 390 g/mol. The zero-order valence-electron chi connectivity index (χ0n) is 10.2. The molecule has 0 unspecified atom stereocenters. The van der Waals surface area contributed by atoms with Gasteiger partial charge < -0.3 is 9.72 Å². The number of H-pyrrole nitrogens is 1. The lowest BCUT2D eigenvalue weighted by molar-refractivity contribution is 0.180. The maximum absolute atomic E-state index is 11.8. The van der Waals surface area contributed by atoms with Crippen LogP contribution in [-0.4, -0.2) is 17.1 Å². The van der Waals surface area contributed by atoms with Crippen LogP contribution in [0.15, 0.2) is 29.1 Å². The summed E-state index contributed by atoms with van der Waals surface area (Å²) in [5.41, 5.74) is 1.43. The Hall–Kier alpha value is -0.920. The largest absolute Gasteiger partial charge is 0.378 e. The van der Waals surface area contributed by atoms with E-state index in [2.05, 4.69) is 9.97 Å². The van der Waals surface area contributed by atoms with Gasteiger partial charge in [-0.15, -0.1) is 0 Å². The molecule has 6 heteroatoms. The zero-order valence-corrected chi connectivity index (χ0v) is 13.2. The van der Waals surface area contributed by atoms with E-state index in [9.17, 15) is 4.79 Å². The Morgan fingerprint density at radius 2 is 2.16 bits per heavy atom. The SMILES string of the molecule is COCc1nc(Cc2ccccc2Cl)[nH]c(=O)c1I. The van der Waals surface area contributed by atoms with Gasteiger partial charge in [-0.25, -0.2) is 4.98 Å². The Labute approximate surface area is 129 Å². The lowest BCUT2D eigenvalue weighted by Gasteiger charge is -2.07. The zero-order chi connectivity index (χ0) is 13.8. The lowest BCUT2D eigenvalue weighted by Crippen LogP contribution is -2.18. The highest BCUT2D eigenvalue weighted by molar-refractivity contribution is 14.1. The summed E-state index contributed by atoms with van der Waals surface area (Å²) in [7, 11) is 1.58. The molecule has 0 aliphatic heterocycles. The Kier molecular flexibility index (Phi) is 4.95. The molecule has 2 aromatic rings. The van der Waals surface area contributed by atoms with Gasteiger partial charge in [-0.05, 0) is 34.2 Å². The van der Waals surface area contributed by atoms with Crippen LogP contribution in [0.3, 0.4) is 0 Å². The highest BCUT2D eigenvalue weighted by Gasteiger charge is 2.10. The quantitative estimate of drug-likeness (QED) is 0.817. The smallest absolute Gasteiger partial charge is 0.264 e. The molecule has 0 bridgehead atoms. The maximum Gasteiger partial charge on any atom is 0.264 e. The first-order valence-corrected chi connectivity index (χ1v) is 7.07. The molecule has 0 saturated carbocycles. The van der Waals surface area contributed by atoms with E-state index in [1.807, 2.05) is 46.9 Å². The van der Waals surface area contributed by atoms with Crippen molar-refractivity contribution in [2.45, 2.75) is 13.0 Å². The van der Waals surface area contributed by atoms with Gasteiger partial charge in [0.25, 0.3) is 5.56 Å². The van der Waals surface area contributed by atoms with Crippen LogP contribution in [0.4, 0.5) is 0 Å². The maximum atomic E-state index is 11.8. The third-order valence-corrected chi connectivity index (χ3v) is 4.06. The molecule has 0 aliphatic rings. The number of hydrogen-bond acceptors (Lipinski definition) is 3. The van der Waals surface area contributed by atoms with Gasteiger partial charge in [0.2, 0.25) is 0 Å². The summed E-state index contributed by atoms with van der Waals surface area (Å²) in [6.07, 6.45) is 0.489. The topological polar surface area (TPSA) is 55.0 Å². The molecule has 4 nitrogen and oxygen atoms in total.